The molecule has 0 aliphatic rings. The Morgan fingerprint density at radius 3 is 2.86 bits per heavy atom. The molecule has 0 aromatic heterocycles. The van der Waals surface area contributed by atoms with Crippen molar-refractivity contribution in [2.24, 2.45) is 0 Å². The Morgan fingerprint density at radius 1 is 1.43 bits per heavy atom. The Kier molecular flexibility index (Phi) is 11.5. The van der Waals surface area contributed by atoms with E-state index in [1.54, 1.807) is 0 Å². The number of hydrogen-bond donors (Lipinski definition) is 2. The monoisotopic (exact) mass is 221 g/mol. The van der Waals surface area contributed by atoms with E-state index in [1.165, 1.54) is 0 Å². The second-order valence-electron chi connectivity index (χ2n) is 3.20. The Hall–Kier alpha value is 0.230. The molecule has 0 fully saturated rings. The van der Waals surface area contributed by atoms with Gasteiger partial charge in [-0.3, -0.25) is 0 Å². The van der Waals surface area contributed by atoms with Crippen molar-refractivity contribution < 1.29 is 9.84 Å². The highest BCUT2D eigenvalue weighted by Crippen LogP contribution is 2.00. The quantitative estimate of drug-likeness (QED) is 0.542. The van der Waals surface area contributed by atoms with Crippen molar-refractivity contribution in [3.63, 3.8) is 0 Å². The Morgan fingerprint density at radius 2 is 2.21 bits per heavy atom. The van der Waals surface area contributed by atoms with Crippen LogP contribution in [-0.2, 0) is 4.74 Å². The summed E-state index contributed by atoms with van der Waals surface area (Å²) in [6.45, 7) is 7.05. The van der Waals surface area contributed by atoms with Gasteiger partial charge in [0, 0.05) is 31.6 Å². The molecule has 1 atom stereocenters. The van der Waals surface area contributed by atoms with Crippen molar-refractivity contribution in [2.75, 3.05) is 37.9 Å². The number of aliphatic hydroxyl groups is 1. The van der Waals surface area contributed by atoms with Gasteiger partial charge < -0.3 is 15.2 Å². The normalized spacial score (nSPS) is 13.1. The fraction of sp³-hybridized carbons (Fsp3) is 1.00. The number of ether oxygens (including phenoxy) is 1. The van der Waals surface area contributed by atoms with Crippen molar-refractivity contribution in [3.8, 4) is 0 Å². The van der Waals surface area contributed by atoms with E-state index in [0.717, 1.165) is 37.7 Å². The van der Waals surface area contributed by atoms with Gasteiger partial charge in [-0.15, -0.1) is 0 Å². The van der Waals surface area contributed by atoms with E-state index in [4.69, 9.17) is 9.84 Å². The zero-order valence-electron chi connectivity index (χ0n) is 9.29. The van der Waals surface area contributed by atoms with E-state index >= 15 is 0 Å². The maximum Gasteiger partial charge on any atom is 0.0616 e. The standard InChI is InChI=1S/C10H23NO2S/c1-3-13-9-10(2)11-5-8-14-7-4-6-12/h10-12H,3-9H2,1-2H3. The second kappa shape index (κ2) is 11.3. The number of aliphatic hydroxyl groups excluding tert-OH is 1. The van der Waals surface area contributed by atoms with Gasteiger partial charge >= 0.3 is 0 Å². The molecule has 0 saturated carbocycles. The lowest BCUT2D eigenvalue weighted by Gasteiger charge is -2.12. The van der Waals surface area contributed by atoms with Gasteiger partial charge in [0.2, 0.25) is 0 Å². The molecule has 0 aromatic carbocycles. The molecule has 0 rings (SSSR count). The van der Waals surface area contributed by atoms with E-state index in [-0.39, 0.29) is 0 Å². The summed E-state index contributed by atoms with van der Waals surface area (Å²) in [5.41, 5.74) is 0. The average molecular weight is 221 g/mol. The number of nitrogens with one attached hydrogen (secondary N) is 1. The minimum Gasteiger partial charge on any atom is -0.396 e. The topological polar surface area (TPSA) is 41.5 Å². The molecule has 0 bridgehead atoms. The van der Waals surface area contributed by atoms with Crippen LogP contribution >= 0.6 is 11.8 Å². The molecule has 0 heterocycles. The van der Waals surface area contributed by atoms with Gasteiger partial charge in [-0.25, -0.2) is 0 Å². The predicted molar refractivity (Wildman–Crippen MR) is 63.0 cm³/mol. The van der Waals surface area contributed by atoms with Crippen LogP contribution in [0.5, 0.6) is 0 Å². The maximum atomic E-state index is 8.56. The van der Waals surface area contributed by atoms with E-state index in [0.29, 0.717) is 12.6 Å². The molecule has 0 aliphatic heterocycles. The third-order valence-electron chi connectivity index (χ3n) is 1.76. The van der Waals surface area contributed by atoms with Crippen LogP contribution in [0.3, 0.4) is 0 Å². The molecule has 1 unspecified atom stereocenters. The minimum absolute atomic E-state index is 0.307. The first-order valence-electron chi connectivity index (χ1n) is 5.31. The summed E-state index contributed by atoms with van der Waals surface area (Å²) < 4.78 is 5.29. The van der Waals surface area contributed by atoms with Gasteiger partial charge in [0.25, 0.3) is 0 Å². The van der Waals surface area contributed by atoms with Gasteiger partial charge in [-0.05, 0) is 26.0 Å². The third kappa shape index (κ3) is 10.3. The van der Waals surface area contributed by atoms with E-state index < -0.39 is 0 Å². The molecule has 2 N–H and O–H groups in total. The van der Waals surface area contributed by atoms with Gasteiger partial charge in [0.05, 0.1) is 6.61 Å². The van der Waals surface area contributed by atoms with E-state index in [2.05, 4.69) is 12.2 Å². The van der Waals surface area contributed by atoms with Crippen LogP contribution < -0.4 is 5.32 Å². The zero-order chi connectivity index (χ0) is 10.6. The molecule has 0 aliphatic carbocycles. The lowest BCUT2D eigenvalue weighted by molar-refractivity contribution is 0.128. The largest absolute Gasteiger partial charge is 0.396 e. The Labute approximate surface area is 91.6 Å². The van der Waals surface area contributed by atoms with Crippen LogP contribution in [-0.4, -0.2) is 49.0 Å². The molecule has 3 nitrogen and oxygen atoms in total. The molecule has 0 aromatic rings. The first-order chi connectivity index (χ1) is 6.81. The molecule has 0 radical (unpaired) electrons. The predicted octanol–water partition coefficient (Wildman–Crippen LogP) is 1.12. The van der Waals surface area contributed by atoms with Crippen molar-refractivity contribution in [2.45, 2.75) is 26.3 Å². The number of thioether (sulfide) groups is 1. The second-order valence-corrected chi connectivity index (χ2v) is 4.43. The molecule has 14 heavy (non-hydrogen) atoms. The summed E-state index contributed by atoms with van der Waals surface area (Å²) in [5.74, 6) is 2.16. The van der Waals surface area contributed by atoms with E-state index in [1.807, 2.05) is 18.7 Å². The van der Waals surface area contributed by atoms with Gasteiger partial charge in [0.1, 0.15) is 0 Å². The Bertz CT molecular complexity index is 114. The van der Waals surface area contributed by atoms with Crippen LogP contribution in [0.15, 0.2) is 0 Å². The average Bonchev–Trinajstić information content (AvgIpc) is 2.20. The summed E-state index contributed by atoms with van der Waals surface area (Å²) in [6, 6.07) is 0.438. The van der Waals surface area contributed by atoms with Crippen LogP contribution in [0.2, 0.25) is 0 Å². The van der Waals surface area contributed by atoms with Gasteiger partial charge in [-0.2, -0.15) is 11.8 Å². The van der Waals surface area contributed by atoms with Crippen LogP contribution in [0.4, 0.5) is 0 Å². The molecule has 86 valence electrons. The summed E-state index contributed by atoms with van der Waals surface area (Å²) >= 11 is 1.88. The summed E-state index contributed by atoms with van der Waals surface area (Å²) in [5, 5.41) is 11.9. The molecule has 0 amide bonds. The fourth-order valence-corrected chi connectivity index (χ4v) is 1.80. The third-order valence-corrected chi connectivity index (χ3v) is 2.83. The number of hydrogen-bond acceptors (Lipinski definition) is 4. The first kappa shape index (κ1) is 14.2. The Balaban J connectivity index is 3.02. The lowest BCUT2D eigenvalue weighted by Crippen LogP contribution is -2.32. The van der Waals surface area contributed by atoms with Crippen molar-refractivity contribution in [1.82, 2.24) is 5.32 Å². The van der Waals surface area contributed by atoms with Crippen molar-refractivity contribution in [3.05, 3.63) is 0 Å². The van der Waals surface area contributed by atoms with Crippen LogP contribution in [0.1, 0.15) is 20.3 Å². The SMILES string of the molecule is CCOCC(C)NCCSCCCO. The number of rotatable bonds is 10. The van der Waals surface area contributed by atoms with Crippen LogP contribution in [0, 0.1) is 0 Å². The summed E-state index contributed by atoms with van der Waals surface area (Å²) in [6.07, 6.45) is 0.902. The minimum atomic E-state index is 0.307. The van der Waals surface area contributed by atoms with Gasteiger partial charge in [-0.1, -0.05) is 0 Å². The molecular formula is C10H23NO2S. The first-order valence-corrected chi connectivity index (χ1v) is 6.46. The highest BCUT2D eigenvalue weighted by Gasteiger charge is 1.99. The maximum absolute atomic E-state index is 8.56. The van der Waals surface area contributed by atoms with Crippen molar-refractivity contribution >= 4 is 11.8 Å². The highest BCUT2D eigenvalue weighted by atomic mass is 32.2. The molecule has 4 heteroatoms. The van der Waals surface area contributed by atoms with Crippen molar-refractivity contribution in [1.29, 1.82) is 0 Å². The highest BCUT2D eigenvalue weighted by molar-refractivity contribution is 7.99. The molecular weight excluding hydrogens is 198 g/mol. The summed E-state index contributed by atoms with van der Waals surface area (Å²) in [4.78, 5) is 0. The fourth-order valence-electron chi connectivity index (χ4n) is 1.000. The van der Waals surface area contributed by atoms with E-state index in [9.17, 15) is 0 Å². The zero-order valence-corrected chi connectivity index (χ0v) is 10.1. The molecule has 0 spiro atoms. The lowest BCUT2D eigenvalue weighted by atomic mass is 10.3. The molecule has 0 saturated heterocycles. The van der Waals surface area contributed by atoms with Gasteiger partial charge in [0.15, 0.2) is 0 Å². The van der Waals surface area contributed by atoms with Crippen LogP contribution in [0.25, 0.3) is 0 Å². The smallest absolute Gasteiger partial charge is 0.0616 e. The summed E-state index contributed by atoms with van der Waals surface area (Å²) in [7, 11) is 0.